The van der Waals surface area contributed by atoms with Crippen LogP contribution in [0.2, 0.25) is 0 Å². The third-order valence-corrected chi connectivity index (χ3v) is 2.86. The lowest BCUT2D eigenvalue weighted by Crippen LogP contribution is -2.06. The van der Waals surface area contributed by atoms with Gasteiger partial charge in [-0.3, -0.25) is 4.79 Å². The van der Waals surface area contributed by atoms with Gasteiger partial charge in [-0.05, 0) is 23.8 Å². The number of carbonyl (C=O) groups is 2. The monoisotopic (exact) mass is 282 g/mol. The maximum absolute atomic E-state index is 11.6. The van der Waals surface area contributed by atoms with Crippen LogP contribution in [-0.4, -0.2) is 17.0 Å². The summed E-state index contributed by atoms with van der Waals surface area (Å²) in [5, 5.41) is 8.90. The Morgan fingerprint density at radius 2 is 1.76 bits per heavy atom. The summed E-state index contributed by atoms with van der Waals surface area (Å²) < 4.78 is 5.29. The zero-order valence-corrected chi connectivity index (χ0v) is 11.3. The summed E-state index contributed by atoms with van der Waals surface area (Å²) >= 11 is 0. The lowest BCUT2D eigenvalue weighted by atomic mass is 10.0. The van der Waals surface area contributed by atoms with E-state index in [1.807, 2.05) is 12.1 Å². The Morgan fingerprint density at radius 3 is 2.38 bits per heavy atom. The summed E-state index contributed by atoms with van der Waals surface area (Å²) in [4.78, 5) is 22.4. The molecule has 0 aliphatic heterocycles. The van der Waals surface area contributed by atoms with Gasteiger partial charge in [0.25, 0.3) is 0 Å². The first kappa shape index (κ1) is 14.5. The molecule has 2 aromatic carbocycles. The second-order valence-electron chi connectivity index (χ2n) is 4.35. The molecule has 0 fully saturated rings. The molecule has 0 heterocycles. The maximum atomic E-state index is 11.6. The van der Waals surface area contributed by atoms with E-state index in [0.717, 1.165) is 11.1 Å². The van der Waals surface area contributed by atoms with E-state index >= 15 is 0 Å². The number of rotatable bonds is 5. The number of benzene rings is 2. The minimum atomic E-state index is -0.979. The number of hydrogen-bond donors (Lipinski definition) is 1. The zero-order valence-electron chi connectivity index (χ0n) is 11.3. The van der Waals surface area contributed by atoms with Crippen LogP contribution < -0.4 is 4.74 Å². The Hall–Kier alpha value is -2.88. The van der Waals surface area contributed by atoms with Crippen LogP contribution in [0.5, 0.6) is 5.75 Å². The fourth-order valence-corrected chi connectivity index (χ4v) is 1.87. The van der Waals surface area contributed by atoms with Crippen molar-refractivity contribution >= 4 is 11.9 Å². The van der Waals surface area contributed by atoms with Gasteiger partial charge >= 0.3 is 11.9 Å². The largest absolute Gasteiger partial charge is 0.478 e. The summed E-state index contributed by atoms with van der Waals surface area (Å²) in [5.74, 6) is -0.931. The molecule has 0 aliphatic carbocycles. The summed E-state index contributed by atoms with van der Waals surface area (Å²) in [5.41, 5.74) is 1.72. The van der Waals surface area contributed by atoms with Crippen LogP contribution in [0.15, 0.2) is 61.2 Å². The Morgan fingerprint density at radius 1 is 1.10 bits per heavy atom. The van der Waals surface area contributed by atoms with Crippen molar-refractivity contribution < 1.29 is 19.4 Å². The molecule has 0 aromatic heterocycles. The van der Waals surface area contributed by atoms with Crippen molar-refractivity contribution in [3.05, 3.63) is 66.7 Å². The molecule has 0 amide bonds. The molecule has 2 aromatic rings. The maximum Gasteiger partial charge on any atom is 0.335 e. The molecule has 0 unspecified atom stereocenters. The smallest absolute Gasteiger partial charge is 0.335 e. The molecule has 0 saturated heterocycles. The number of carbonyl (C=O) groups excluding carboxylic acids is 1. The highest BCUT2D eigenvalue weighted by molar-refractivity contribution is 5.88. The van der Waals surface area contributed by atoms with E-state index in [2.05, 4.69) is 6.58 Å². The minimum Gasteiger partial charge on any atom is -0.478 e. The highest BCUT2D eigenvalue weighted by Gasteiger charge is 2.10. The second-order valence-corrected chi connectivity index (χ2v) is 4.35. The summed E-state index contributed by atoms with van der Waals surface area (Å²) in [6.07, 6.45) is 1.61. The van der Waals surface area contributed by atoms with E-state index in [9.17, 15) is 9.59 Å². The highest BCUT2D eigenvalue weighted by atomic mass is 16.5. The molecule has 4 nitrogen and oxygen atoms in total. The Balaban J connectivity index is 2.33. The summed E-state index contributed by atoms with van der Waals surface area (Å²) in [7, 11) is 0. The van der Waals surface area contributed by atoms with Crippen molar-refractivity contribution in [2.75, 3.05) is 0 Å². The van der Waals surface area contributed by atoms with Crippen molar-refractivity contribution in [2.45, 2.75) is 6.42 Å². The molecule has 0 radical (unpaired) electrons. The van der Waals surface area contributed by atoms with Crippen molar-refractivity contribution in [1.82, 2.24) is 0 Å². The normalized spacial score (nSPS) is 9.90. The van der Waals surface area contributed by atoms with Gasteiger partial charge in [-0.2, -0.15) is 0 Å². The quantitative estimate of drug-likeness (QED) is 0.517. The number of carboxylic acid groups (broad SMARTS) is 1. The van der Waals surface area contributed by atoms with E-state index in [4.69, 9.17) is 9.84 Å². The van der Waals surface area contributed by atoms with Crippen molar-refractivity contribution in [1.29, 1.82) is 0 Å². The molecule has 21 heavy (non-hydrogen) atoms. The van der Waals surface area contributed by atoms with E-state index in [-0.39, 0.29) is 18.0 Å². The first-order valence-corrected chi connectivity index (χ1v) is 6.36. The van der Waals surface area contributed by atoms with Gasteiger partial charge in [0, 0.05) is 5.56 Å². The van der Waals surface area contributed by atoms with E-state index in [0.29, 0.717) is 5.75 Å². The van der Waals surface area contributed by atoms with Crippen LogP contribution in [0.4, 0.5) is 0 Å². The van der Waals surface area contributed by atoms with Gasteiger partial charge in [0.15, 0.2) is 0 Å². The average molecular weight is 282 g/mol. The lowest BCUT2D eigenvalue weighted by Gasteiger charge is -2.09. The van der Waals surface area contributed by atoms with Crippen LogP contribution >= 0.6 is 0 Å². The average Bonchev–Trinajstić information content (AvgIpc) is 2.48. The molecular weight excluding hydrogens is 268 g/mol. The fraction of sp³-hybridized carbons (Fsp3) is 0.0588. The van der Waals surface area contributed by atoms with Gasteiger partial charge in [-0.1, -0.05) is 36.4 Å². The van der Waals surface area contributed by atoms with Crippen LogP contribution in [0.3, 0.4) is 0 Å². The predicted octanol–water partition coefficient (Wildman–Crippen LogP) is 3.53. The molecular formula is C17H14O4. The number of carboxylic acids is 1. The Kier molecular flexibility index (Phi) is 4.51. The van der Waals surface area contributed by atoms with Crippen LogP contribution in [0.25, 0.3) is 11.1 Å². The highest BCUT2D eigenvalue weighted by Crippen LogP contribution is 2.30. The number of ether oxygens (including phenoxy) is 1. The summed E-state index contributed by atoms with van der Waals surface area (Å²) in [6, 6.07) is 13.5. The molecule has 1 N–H and O–H groups in total. The molecule has 0 atom stereocenters. The molecule has 2 rings (SSSR count). The first-order chi connectivity index (χ1) is 10.1. The van der Waals surface area contributed by atoms with Crippen LogP contribution in [-0.2, 0) is 4.79 Å². The van der Waals surface area contributed by atoms with Crippen LogP contribution in [0, 0.1) is 0 Å². The van der Waals surface area contributed by atoms with E-state index in [1.165, 1.54) is 18.2 Å². The molecule has 0 saturated carbocycles. The summed E-state index contributed by atoms with van der Waals surface area (Å²) in [6.45, 7) is 3.49. The second kappa shape index (κ2) is 6.52. The third-order valence-electron chi connectivity index (χ3n) is 2.86. The fourth-order valence-electron chi connectivity index (χ4n) is 1.87. The van der Waals surface area contributed by atoms with Crippen molar-refractivity contribution in [3.8, 4) is 16.9 Å². The third kappa shape index (κ3) is 3.57. The molecule has 0 bridgehead atoms. The SMILES string of the molecule is C=CCC(=O)Oc1ccccc1-c1ccc(C(=O)O)cc1. The number of aromatic carboxylic acids is 1. The standard InChI is InChI=1S/C17H14O4/c1-2-5-16(18)21-15-7-4-3-6-14(15)12-8-10-13(11-9-12)17(19)20/h2-4,6-11H,1,5H2,(H,19,20). The molecule has 106 valence electrons. The van der Waals surface area contributed by atoms with E-state index in [1.54, 1.807) is 24.3 Å². The molecule has 4 heteroatoms. The van der Waals surface area contributed by atoms with Crippen molar-refractivity contribution in [2.24, 2.45) is 0 Å². The van der Waals surface area contributed by atoms with Crippen molar-refractivity contribution in [3.63, 3.8) is 0 Å². The molecule has 0 spiro atoms. The number of hydrogen-bond acceptors (Lipinski definition) is 3. The van der Waals surface area contributed by atoms with Gasteiger partial charge in [-0.15, -0.1) is 6.58 Å². The topological polar surface area (TPSA) is 63.6 Å². The Bertz CT molecular complexity index is 671. The lowest BCUT2D eigenvalue weighted by molar-refractivity contribution is -0.133. The minimum absolute atomic E-state index is 0.131. The first-order valence-electron chi connectivity index (χ1n) is 6.36. The van der Waals surface area contributed by atoms with E-state index < -0.39 is 5.97 Å². The Labute approximate surface area is 122 Å². The van der Waals surface area contributed by atoms with Gasteiger partial charge in [0.1, 0.15) is 5.75 Å². The zero-order chi connectivity index (χ0) is 15.2. The number of para-hydroxylation sites is 1. The predicted molar refractivity (Wildman–Crippen MR) is 79.3 cm³/mol. The van der Waals surface area contributed by atoms with Crippen LogP contribution in [0.1, 0.15) is 16.8 Å². The van der Waals surface area contributed by atoms with Gasteiger partial charge < -0.3 is 9.84 Å². The van der Waals surface area contributed by atoms with Gasteiger partial charge in [0.05, 0.1) is 12.0 Å². The van der Waals surface area contributed by atoms with Gasteiger partial charge in [-0.25, -0.2) is 4.79 Å². The molecule has 0 aliphatic rings. The number of esters is 1. The van der Waals surface area contributed by atoms with Gasteiger partial charge in [0.2, 0.25) is 0 Å².